The van der Waals surface area contributed by atoms with Gasteiger partial charge in [0.25, 0.3) is 5.69 Å². The van der Waals surface area contributed by atoms with Crippen LogP contribution in [0.3, 0.4) is 0 Å². The molecule has 160 valence electrons. The molecule has 0 saturated carbocycles. The van der Waals surface area contributed by atoms with Crippen LogP contribution in [-0.2, 0) is 24.2 Å². The number of carboxylic acids is 1. The zero-order valence-electron chi connectivity index (χ0n) is 17.4. The van der Waals surface area contributed by atoms with Crippen molar-refractivity contribution in [1.82, 2.24) is 9.55 Å². The van der Waals surface area contributed by atoms with Gasteiger partial charge in [0.05, 0.1) is 23.4 Å². The standard InChI is InChI=1S/C24H25N3O4/c1-2-3-13-23-25-16-21(15-20(24(28)29)14-18-9-5-4-6-10-18)26(23)17-19-11-7-8-12-22(19)27(30)31/h4-12,15-16H,2-3,13-14,17H2,1H3,(H,28,29). The highest BCUT2D eigenvalue weighted by molar-refractivity contribution is 5.92. The lowest BCUT2D eigenvalue weighted by molar-refractivity contribution is -0.385. The molecule has 1 N–H and O–H groups in total. The summed E-state index contributed by atoms with van der Waals surface area (Å²) < 4.78 is 1.88. The molecule has 0 aliphatic rings. The van der Waals surface area contributed by atoms with E-state index in [1.54, 1.807) is 30.5 Å². The van der Waals surface area contributed by atoms with Crippen LogP contribution in [-0.4, -0.2) is 25.6 Å². The molecule has 0 fully saturated rings. The molecule has 3 rings (SSSR count). The van der Waals surface area contributed by atoms with Crippen LogP contribution in [0.1, 0.15) is 42.4 Å². The zero-order chi connectivity index (χ0) is 22.2. The summed E-state index contributed by atoms with van der Waals surface area (Å²) in [6.45, 7) is 2.33. The Morgan fingerprint density at radius 1 is 1.16 bits per heavy atom. The molecule has 0 radical (unpaired) electrons. The molecule has 7 heteroatoms. The van der Waals surface area contributed by atoms with E-state index in [9.17, 15) is 20.0 Å². The molecular formula is C24H25N3O4. The van der Waals surface area contributed by atoms with E-state index >= 15 is 0 Å². The maximum Gasteiger partial charge on any atom is 0.331 e. The minimum atomic E-state index is -1.00. The monoisotopic (exact) mass is 419 g/mol. The van der Waals surface area contributed by atoms with Gasteiger partial charge < -0.3 is 9.67 Å². The number of hydrogen-bond acceptors (Lipinski definition) is 4. The van der Waals surface area contributed by atoms with Crippen LogP contribution in [0.5, 0.6) is 0 Å². The Bertz CT molecular complexity index is 1090. The highest BCUT2D eigenvalue weighted by Crippen LogP contribution is 2.22. The third-order valence-corrected chi connectivity index (χ3v) is 5.07. The van der Waals surface area contributed by atoms with Crippen LogP contribution < -0.4 is 0 Å². The van der Waals surface area contributed by atoms with Crippen LogP contribution in [0.25, 0.3) is 6.08 Å². The van der Waals surface area contributed by atoms with E-state index < -0.39 is 10.9 Å². The first kappa shape index (κ1) is 22.0. The number of para-hydroxylation sites is 1. The molecule has 7 nitrogen and oxygen atoms in total. The number of hydrogen-bond donors (Lipinski definition) is 1. The summed E-state index contributed by atoms with van der Waals surface area (Å²) in [6, 6.07) is 16.0. The van der Waals surface area contributed by atoms with Gasteiger partial charge in [-0.05, 0) is 18.1 Å². The van der Waals surface area contributed by atoms with Crippen molar-refractivity contribution in [2.24, 2.45) is 0 Å². The minimum Gasteiger partial charge on any atom is -0.478 e. The molecule has 0 saturated heterocycles. The predicted molar refractivity (Wildman–Crippen MR) is 119 cm³/mol. The lowest BCUT2D eigenvalue weighted by atomic mass is 10.0. The second-order valence-electron chi connectivity index (χ2n) is 7.31. The number of carboxylic acid groups (broad SMARTS) is 1. The Kier molecular flexibility index (Phi) is 7.32. The third-order valence-electron chi connectivity index (χ3n) is 5.07. The van der Waals surface area contributed by atoms with Crippen molar-refractivity contribution < 1.29 is 14.8 Å². The number of nitro benzene ring substituents is 1. The maximum atomic E-state index is 11.9. The number of carbonyl (C=O) groups is 1. The van der Waals surface area contributed by atoms with E-state index in [-0.39, 0.29) is 24.2 Å². The van der Waals surface area contributed by atoms with Crippen LogP contribution >= 0.6 is 0 Å². The van der Waals surface area contributed by atoms with E-state index in [2.05, 4.69) is 11.9 Å². The number of nitrogens with zero attached hydrogens (tertiary/aromatic N) is 3. The number of unbranched alkanes of at least 4 members (excludes halogenated alkanes) is 1. The van der Waals surface area contributed by atoms with Crippen molar-refractivity contribution in [3.05, 3.63) is 99.1 Å². The Morgan fingerprint density at radius 3 is 2.55 bits per heavy atom. The predicted octanol–water partition coefficient (Wildman–Crippen LogP) is 4.89. The van der Waals surface area contributed by atoms with Gasteiger partial charge in [-0.1, -0.05) is 61.9 Å². The van der Waals surface area contributed by atoms with Gasteiger partial charge in [-0.15, -0.1) is 0 Å². The molecule has 1 heterocycles. The molecule has 2 aromatic carbocycles. The molecule has 0 aliphatic carbocycles. The van der Waals surface area contributed by atoms with Gasteiger partial charge in [-0.25, -0.2) is 9.78 Å². The van der Waals surface area contributed by atoms with Crippen molar-refractivity contribution in [1.29, 1.82) is 0 Å². The summed E-state index contributed by atoms with van der Waals surface area (Å²) >= 11 is 0. The van der Waals surface area contributed by atoms with E-state index in [4.69, 9.17) is 0 Å². The average Bonchev–Trinajstić information content (AvgIpc) is 3.13. The molecule has 3 aromatic rings. The minimum absolute atomic E-state index is 0.0373. The van der Waals surface area contributed by atoms with Gasteiger partial charge in [-0.3, -0.25) is 10.1 Å². The van der Waals surface area contributed by atoms with Crippen molar-refractivity contribution >= 4 is 17.7 Å². The second-order valence-corrected chi connectivity index (χ2v) is 7.31. The summed E-state index contributed by atoms with van der Waals surface area (Å²) in [5.41, 5.74) is 2.34. The van der Waals surface area contributed by atoms with Gasteiger partial charge in [0.1, 0.15) is 5.82 Å². The third kappa shape index (κ3) is 5.66. The Balaban J connectivity index is 2.02. The summed E-state index contributed by atoms with van der Waals surface area (Å²) in [7, 11) is 0. The lowest BCUT2D eigenvalue weighted by Crippen LogP contribution is -2.10. The lowest BCUT2D eigenvalue weighted by Gasteiger charge is -2.12. The maximum absolute atomic E-state index is 11.9. The van der Waals surface area contributed by atoms with Crippen LogP contribution in [0.15, 0.2) is 66.4 Å². The normalized spacial score (nSPS) is 11.5. The Hall–Kier alpha value is -3.74. The molecule has 0 spiro atoms. The number of rotatable bonds is 10. The van der Waals surface area contributed by atoms with E-state index in [1.165, 1.54) is 6.07 Å². The van der Waals surface area contributed by atoms with Gasteiger partial charge in [0.2, 0.25) is 0 Å². The average molecular weight is 419 g/mol. The SMILES string of the molecule is CCCCc1ncc(C=C(Cc2ccccc2)C(=O)O)n1Cc1ccccc1[N+](=O)[O-]. The summed E-state index contributed by atoms with van der Waals surface area (Å²) in [5, 5.41) is 21.2. The number of aryl methyl sites for hydroxylation is 1. The largest absolute Gasteiger partial charge is 0.478 e. The van der Waals surface area contributed by atoms with Crippen LogP contribution in [0.2, 0.25) is 0 Å². The fourth-order valence-corrected chi connectivity index (χ4v) is 3.44. The first-order valence-electron chi connectivity index (χ1n) is 10.2. The van der Waals surface area contributed by atoms with Crippen molar-refractivity contribution in [3.63, 3.8) is 0 Å². The highest BCUT2D eigenvalue weighted by Gasteiger charge is 2.17. The molecule has 31 heavy (non-hydrogen) atoms. The van der Waals surface area contributed by atoms with E-state index in [1.807, 2.05) is 34.9 Å². The Morgan fingerprint density at radius 2 is 1.87 bits per heavy atom. The molecule has 0 amide bonds. The first-order valence-corrected chi connectivity index (χ1v) is 10.2. The molecule has 0 unspecified atom stereocenters. The number of aliphatic carboxylic acids is 1. The molecule has 0 aliphatic heterocycles. The van der Waals surface area contributed by atoms with Crippen molar-refractivity contribution in [3.8, 4) is 0 Å². The fourth-order valence-electron chi connectivity index (χ4n) is 3.44. The molecular weight excluding hydrogens is 394 g/mol. The van der Waals surface area contributed by atoms with Crippen molar-refractivity contribution in [2.75, 3.05) is 0 Å². The summed E-state index contributed by atoms with van der Waals surface area (Å²) in [5.74, 6) is -0.215. The smallest absolute Gasteiger partial charge is 0.331 e. The van der Waals surface area contributed by atoms with Gasteiger partial charge in [-0.2, -0.15) is 0 Å². The number of imidazole rings is 1. The fraction of sp³-hybridized carbons (Fsp3) is 0.250. The van der Waals surface area contributed by atoms with Crippen LogP contribution in [0, 0.1) is 10.1 Å². The Labute approximate surface area is 180 Å². The van der Waals surface area contributed by atoms with Gasteiger partial charge in [0, 0.05) is 30.0 Å². The first-order chi connectivity index (χ1) is 15.0. The quantitative estimate of drug-likeness (QED) is 0.286. The highest BCUT2D eigenvalue weighted by atomic mass is 16.6. The summed E-state index contributed by atoms with van der Waals surface area (Å²) in [6.07, 6.45) is 6.16. The van der Waals surface area contributed by atoms with E-state index in [0.717, 1.165) is 24.2 Å². The zero-order valence-corrected chi connectivity index (χ0v) is 17.4. The second kappa shape index (κ2) is 10.3. The topological polar surface area (TPSA) is 98.3 Å². The van der Waals surface area contributed by atoms with E-state index in [0.29, 0.717) is 17.7 Å². The van der Waals surface area contributed by atoms with Crippen LogP contribution in [0.4, 0.5) is 5.69 Å². The van der Waals surface area contributed by atoms with Gasteiger partial charge in [0.15, 0.2) is 0 Å². The molecule has 1 aromatic heterocycles. The summed E-state index contributed by atoms with van der Waals surface area (Å²) in [4.78, 5) is 27.5. The van der Waals surface area contributed by atoms with Gasteiger partial charge >= 0.3 is 5.97 Å². The number of aromatic nitrogens is 2. The molecule has 0 bridgehead atoms. The van der Waals surface area contributed by atoms with Crippen molar-refractivity contribution in [2.45, 2.75) is 39.2 Å². The number of nitro groups is 1. The number of benzene rings is 2. The molecule has 0 atom stereocenters.